The van der Waals surface area contributed by atoms with E-state index in [9.17, 15) is 4.39 Å². The fourth-order valence-electron chi connectivity index (χ4n) is 1.74. The van der Waals surface area contributed by atoms with Crippen molar-refractivity contribution in [3.8, 4) is 0 Å². The Kier molecular flexibility index (Phi) is 4.87. The summed E-state index contributed by atoms with van der Waals surface area (Å²) >= 11 is 1.30. The first-order valence-corrected chi connectivity index (χ1v) is 6.99. The summed E-state index contributed by atoms with van der Waals surface area (Å²) in [7, 11) is 0. The van der Waals surface area contributed by atoms with Crippen LogP contribution < -0.4 is 5.32 Å². The molecular weight excluding hydrogens is 261 g/mol. The third kappa shape index (κ3) is 3.75. The molecule has 0 aliphatic rings. The summed E-state index contributed by atoms with van der Waals surface area (Å²) in [5.74, 6) is -0.217. The molecule has 1 N–H and O–H groups in total. The Morgan fingerprint density at radius 2 is 2.21 bits per heavy atom. The molecule has 3 nitrogen and oxygen atoms in total. The van der Waals surface area contributed by atoms with Gasteiger partial charge in [0.05, 0.1) is 0 Å². The van der Waals surface area contributed by atoms with Gasteiger partial charge in [0.25, 0.3) is 0 Å². The first kappa shape index (κ1) is 14.0. The van der Waals surface area contributed by atoms with Gasteiger partial charge in [0, 0.05) is 17.1 Å². The van der Waals surface area contributed by atoms with E-state index in [0.717, 1.165) is 17.1 Å². The number of halogens is 1. The maximum atomic E-state index is 14.0. The van der Waals surface area contributed by atoms with E-state index >= 15 is 0 Å². The van der Waals surface area contributed by atoms with E-state index in [2.05, 4.69) is 15.3 Å². The van der Waals surface area contributed by atoms with Crippen molar-refractivity contribution in [2.75, 3.05) is 6.54 Å². The lowest BCUT2D eigenvalue weighted by atomic mass is 10.1. The molecule has 2 rings (SSSR count). The predicted octanol–water partition coefficient (Wildman–Crippen LogP) is 3.44. The van der Waals surface area contributed by atoms with E-state index in [1.165, 1.54) is 18.1 Å². The zero-order valence-electron chi connectivity index (χ0n) is 10.9. The van der Waals surface area contributed by atoms with Crippen LogP contribution in [0.3, 0.4) is 0 Å². The lowest BCUT2D eigenvalue weighted by Crippen LogP contribution is -2.17. The Morgan fingerprint density at radius 3 is 2.84 bits per heavy atom. The third-order valence-electron chi connectivity index (χ3n) is 2.74. The summed E-state index contributed by atoms with van der Waals surface area (Å²) in [5.41, 5.74) is 0.950. The van der Waals surface area contributed by atoms with Crippen molar-refractivity contribution in [2.45, 2.75) is 29.8 Å². The van der Waals surface area contributed by atoms with Crippen LogP contribution in [-0.2, 0) is 0 Å². The molecule has 1 aromatic heterocycles. The fourth-order valence-corrected chi connectivity index (χ4v) is 2.49. The molecule has 1 atom stereocenters. The summed E-state index contributed by atoms with van der Waals surface area (Å²) in [5, 5.41) is 4.00. The zero-order chi connectivity index (χ0) is 13.7. The predicted molar refractivity (Wildman–Crippen MR) is 74.6 cm³/mol. The molecule has 0 spiro atoms. The zero-order valence-corrected chi connectivity index (χ0v) is 11.7. The first-order valence-electron chi connectivity index (χ1n) is 6.17. The molecule has 0 amide bonds. The quantitative estimate of drug-likeness (QED) is 0.850. The van der Waals surface area contributed by atoms with E-state index in [1.54, 1.807) is 24.4 Å². The lowest BCUT2D eigenvalue weighted by Gasteiger charge is -2.13. The SMILES string of the molecule is CCNC(C)c1ccc(Sc2ccncn2)c(F)c1. The number of hydrogen-bond donors (Lipinski definition) is 1. The van der Waals surface area contributed by atoms with Gasteiger partial charge in [-0.25, -0.2) is 14.4 Å². The highest BCUT2D eigenvalue weighted by molar-refractivity contribution is 7.99. The van der Waals surface area contributed by atoms with E-state index in [0.29, 0.717) is 4.90 Å². The Hall–Kier alpha value is -1.46. The van der Waals surface area contributed by atoms with Gasteiger partial charge in [0.1, 0.15) is 17.2 Å². The smallest absolute Gasteiger partial charge is 0.137 e. The molecule has 1 heterocycles. The van der Waals surface area contributed by atoms with Crippen LogP contribution in [0.5, 0.6) is 0 Å². The summed E-state index contributed by atoms with van der Waals surface area (Å²) in [6.07, 6.45) is 3.11. The molecule has 100 valence electrons. The van der Waals surface area contributed by atoms with Crippen LogP contribution in [0.4, 0.5) is 4.39 Å². The minimum atomic E-state index is -0.217. The monoisotopic (exact) mass is 277 g/mol. The lowest BCUT2D eigenvalue weighted by molar-refractivity contribution is 0.572. The van der Waals surface area contributed by atoms with E-state index in [1.807, 2.05) is 19.9 Å². The maximum Gasteiger partial charge on any atom is 0.137 e. The van der Waals surface area contributed by atoms with Crippen LogP contribution in [0, 0.1) is 5.82 Å². The van der Waals surface area contributed by atoms with Crippen molar-refractivity contribution in [1.29, 1.82) is 0 Å². The van der Waals surface area contributed by atoms with Crippen molar-refractivity contribution in [3.63, 3.8) is 0 Å². The molecule has 0 fully saturated rings. The highest BCUT2D eigenvalue weighted by atomic mass is 32.2. The average molecular weight is 277 g/mol. The Morgan fingerprint density at radius 1 is 1.37 bits per heavy atom. The van der Waals surface area contributed by atoms with Crippen LogP contribution in [0.25, 0.3) is 0 Å². The van der Waals surface area contributed by atoms with Crippen molar-refractivity contribution in [2.24, 2.45) is 0 Å². The largest absolute Gasteiger partial charge is 0.310 e. The van der Waals surface area contributed by atoms with Crippen LogP contribution in [0.1, 0.15) is 25.5 Å². The van der Waals surface area contributed by atoms with Gasteiger partial charge in [-0.05, 0) is 37.2 Å². The summed E-state index contributed by atoms with van der Waals surface area (Å²) in [6, 6.07) is 7.24. The number of nitrogens with one attached hydrogen (secondary N) is 1. The van der Waals surface area contributed by atoms with Crippen molar-refractivity contribution in [3.05, 3.63) is 48.2 Å². The minimum Gasteiger partial charge on any atom is -0.310 e. The number of nitrogens with zero attached hydrogens (tertiary/aromatic N) is 2. The van der Waals surface area contributed by atoms with Gasteiger partial charge in [0.15, 0.2) is 0 Å². The Labute approximate surface area is 116 Å². The van der Waals surface area contributed by atoms with Crippen LogP contribution in [0.15, 0.2) is 46.7 Å². The van der Waals surface area contributed by atoms with E-state index in [4.69, 9.17) is 0 Å². The molecule has 0 saturated heterocycles. The van der Waals surface area contributed by atoms with Gasteiger partial charge >= 0.3 is 0 Å². The van der Waals surface area contributed by atoms with Crippen LogP contribution in [0.2, 0.25) is 0 Å². The molecule has 0 saturated carbocycles. The van der Waals surface area contributed by atoms with Gasteiger partial charge in [-0.2, -0.15) is 0 Å². The molecule has 19 heavy (non-hydrogen) atoms. The number of benzene rings is 1. The van der Waals surface area contributed by atoms with Gasteiger partial charge in [-0.3, -0.25) is 0 Å². The third-order valence-corrected chi connectivity index (χ3v) is 3.74. The maximum absolute atomic E-state index is 14.0. The first-order chi connectivity index (χ1) is 9.20. The molecular formula is C14H16FN3S. The summed E-state index contributed by atoms with van der Waals surface area (Å²) in [6.45, 7) is 4.92. The molecule has 2 aromatic rings. The van der Waals surface area contributed by atoms with Gasteiger partial charge in [-0.15, -0.1) is 0 Å². The fraction of sp³-hybridized carbons (Fsp3) is 0.286. The second kappa shape index (κ2) is 6.63. The highest BCUT2D eigenvalue weighted by Gasteiger charge is 2.09. The van der Waals surface area contributed by atoms with Crippen molar-refractivity contribution < 1.29 is 4.39 Å². The molecule has 0 bridgehead atoms. The average Bonchev–Trinajstić information content (AvgIpc) is 2.42. The number of hydrogen-bond acceptors (Lipinski definition) is 4. The summed E-state index contributed by atoms with van der Waals surface area (Å²) < 4.78 is 14.0. The molecule has 0 aliphatic heterocycles. The molecule has 0 aliphatic carbocycles. The molecule has 0 radical (unpaired) electrons. The topological polar surface area (TPSA) is 37.8 Å². The van der Waals surface area contributed by atoms with Gasteiger partial charge < -0.3 is 5.32 Å². The number of aromatic nitrogens is 2. The second-order valence-corrected chi connectivity index (χ2v) is 5.18. The van der Waals surface area contributed by atoms with Crippen LogP contribution in [-0.4, -0.2) is 16.5 Å². The van der Waals surface area contributed by atoms with Crippen LogP contribution >= 0.6 is 11.8 Å². The van der Waals surface area contributed by atoms with Crippen molar-refractivity contribution >= 4 is 11.8 Å². The molecule has 1 unspecified atom stereocenters. The molecule has 5 heteroatoms. The second-order valence-electron chi connectivity index (χ2n) is 4.12. The minimum absolute atomic E-state index is 0.151. The van der Waals surface area contributed by atoms with Crippen molar-refractivity contribution in [1.82, 2.24) is 15.3 Å². The Balaban J connectivity index is 2.15. The van der Waals surface area contributed by atoms with E-state index < -0.39 is 0 Å². The summed E-state index contributed by atoms with van der Waals surface area (Å²) in [4.78, 5) is 8.49. The van der Waals surface area contributed by atoms with Gasteiger partial charge in [-0.1, -0.05) is 24.8 Å². The standard InChI is InChI=1S/C14H16FN3S/c1-3-17-10(2)11-4-5-13(12(15)8-11)19-14-6-7-16-9-18-14/h4-10,17H,3H2,1-2H3. The molecule has 1 aromatic carbocycles. The van der Waals surface area contributed by atoms with E-state index in [-0.39, 0.29) is 11.9 Å². The van der Waals surface area contributed by atoms with Gasteiger partial charge in [0.2, 0.25) is 0 Å². The highest BCUT2D eigenvalue weighted by Crippen LogP contribution is 2.29. The normalized spacial score (nSPS) is 12.4. The Bertz CT molecular complexity index is 533. The number of rotatable bonds is 5.